The number of aromatic nitrogens is 3. The number of anilines is 1. The van der Waals surface area contributed by atoms with Gasteiger partial charge < -0.3 is 5.73 Å². The predicted octanol–water partition coefficient (Wildman–Crippen LogP) is 1.78. The molecule has 0 fully saturated rings. The number of ketones is 1. The van der Waals surface area contributed by atoms with Crippen LogP contribution in [0.25, 0.3) is 10.9 Å². The van der Waals surface area contributed by atoms with Gasteiger partial charge in [-0.3, -0.25) is 14.5 Å². The van der Waals surface area contributed by atoms with Crippen molar-refractivity contribution in [2.24, 2.45) is 7.05 Å². The first-order valence-electron chi connectivity index (χ1n) is 5.84. The van der Waals surface area contributed by atoms with Gasteiger partial charge in [-0.2, -0.15) is 5.10 Å². The van der Waals surface area contributed by atoms with Gasteiger partial charge in [0.15, 0.2) is 5.78 Å². The SMILES string of the molecule is Cn1ncc(C(=O)c2cnc3ccccc3c2)c1N. The molecule has 0 atom stereocenters. The van der Waals surface area contributed by atoms with Gasteiger partial charge in [-0.1, -0.05) is 18.2 Å². The molecule has 0 aliphatic rings. The number of fused-ring (bicyclic) bond motifs is 1. The first kappa shape index (κ1) is 11.4. The molecular formula is C14H12N4O. The Morgan fingerprint density at radius 1 is 1.26 bits per heavy atom. The molecule has 2 N–H and O–H groups in total. The van der Waals surface area contributed by atoms with Crippen molar-refractivity contribution in [1.29, 1.82) is 0 Å². The minimum atomic E-state index is -0.163. The summed E-state index contributed by atoms with van der Waals surface area (Å²) in [6.45, 7) is 0. The van der Waals surface area contributed by atoms with Crippen molar-refractivity contribution in [2.75, 3.05) is 5.73 Å². The Morgan fingerprint density at radius 2 is 2.05 bits per heavy atom. The molecule has 1 aromatic carbocycles. The van der Waals surface area contributed by atoms with E-state index < -0.39 is 0 Å². The Kier molecular flexibility index (Phi) is 2.52. The average Bonchev–Trinajstić information content (AvgIpc) is 2.78. The van der Waals surface area contributed by atoms with Crippen molar-refractivity contribution in [2.45, 2.75) is 0 Å². The molecule has 0 saturated heterocycles. The third-order valence-electron chi connectivity index (χ3n) is 3.08. The van der Waals surface area contributed by atoms with Crippen LogP contribution in [0.4, 0.5) is 5.82 Å². The van der Waals surface area contributed by atoms with Gasteiger partial charge >= 0.3 is 0 Å². The van der Waals surface area contributed by atoms with Crippen molar-refractivity contribution in [3.05, 3.63) is 53.9 Å². The molecule has 0 unspecified atom stereocenters. The zero-order valence-corrected chi connectivity index (χ0v) is 10.4. The van der Waals surface area contributed by atoms with Crippen LogP contribution in [0.1, 0.15) is 15.9 Å². The van der Waals surface area contributed by atoms with E-state index in [0.717, 1.165) is 10.9 Å². The average molecular weight is 252 g/mol. The molecule has 0 bridgehead atoms. The molecule has 0 radical (unpaired) electrons. The van der Waals surface area contributed by atoms with Crippen LogP contribution in [0, 0.1) is 0 Å². The molecule has 0 spiro atoms. The topological polar surface area (TPSA) is 73.8 Å². The fourth-order valence-electron chi connectivity index (χ4n) is 1.97. The highest BCUT2D eigenvalue weighted by molar-refractivity contribution is 6.12. The van der Waals surface area contributed by atoms with Crippen LogP contribution < -0.4 is 5.73 Å². The van der Waals surface area contributed by atoms with Crippen LogP contribution in [0.5, 0.6) is 0 Å². The van der Waals surface area contributed by atoms with E-state index in [0.29, 0.717) is 16.9 Å². The lowest BCUT2D eigenvalue weighted by molar-refractivity contribution is 0.103. The quantitative estimate of drug-likeness (QED) is 0.705. The van der Waals surface area contributed by atoms with Gasteiger partial charge in [-0.25, -0.2) is 0 Å². The van der Waals surface area contributed by atoms with Gasteiger partial charge in [0.1, 0.15) is 5.82 Å². The van der Waals surface area contributed by atoms with Crippen molar-refractivity contribution in [1.82, 2.24) is 14.8 Å². The molecule has 19 heavy (non-hydrogen) atoms. The smallest absolute Gasteiger partial charge is 0.199 e. The maximum Gasteiger partial charge on any atom is 0.199 e. The van der Waals surface area contributed by atoms with Crippen LogP contribution in [0.2, 0.25) is 0 Å². The molecule has 0 saturated carbocycles. The number of hydrogen-bond acceptors (Lipinski definition) is 4. The van der Waals surface area contributed by atoms with E-state index >= 15 is 0 Å². The van der Waals surface area contributed by atoms with Crippen molar-refractivity contribution >= 4 is 22.5 Å². The summed E-state index contributed by atoms with van der Waals surface area (Å²) >= 11 is 0. The van der Waals surface area contributed by atoms with Crippen LogP contribution in [0.3, 0.4) is 0 Å². The number of hydrogen-bond donors (Lipinski definition) is 1. The molecule has 0 aliphatic heterocycles. The molecule has 0 amide bonds. The molecule has 5 nitrogen and oxygen atoms in total. The van der Waals surface area contributed by atoms with Crippen LogP contribution in [-0.4, -0.2) is 20.5 Å². The number of benzene rings is 1. The van der Waals surface area contributed by atoms with Crippen LogP contribution >= 0.6 is 0 Å². The van der Waals surface area contributed by atoms with Gasteiger partial charge in [0.25, 0.3) is 0 Å². The van der Waals surface area contributed by atoms with Gasteiger partial charge in [-0.05, 0) is 12.1 Å². The predicted molar refractivity (Wildman–Crippen MR) is 72.8 cm³/mol. The number of carbonyl (C=O) groups is 1. The number of aryl methyl sites for hydroxylation is 1. The Hall–Kier alpha value is -2.69. The summed E-state index contributed by atoms with van der Waals surface area (Å²) in [5, 5.41) is 4.90. The molecular weight excluding hydrogens is 240 g/mol. The fourth-order valence-corrected chi connectivity index (χ4v) is 1.97. The monoisotopic (exact) mass is 252 g/mol. The Balaban J connectivity index is 2.09. The minimum absolute atomic E-state index is 0.163. The van der Waals surface area contributed by atoms with E-state index in [1.165, 1.54) is 10.9 Å². The van der Waals surface area contributed by atoms with E-state index in [4.69, 9.17) is 5.73 Å². The summed E-state index contributed by atoms with van der Waals surface area (Å²) in [6.07, 6.45) is 3.05. The maximum absolute atomic E-state index is 12.4. The fraction of sp³-hybridized carbons (Fsp3) is 0.0714. The highest BCUT2D eigenvalue weighted by Gasteiger charge is 2.16. The number of nitrogens with two attached hydrogens (primary N) is 1. The standard InChI is InChI=1S/C14H12N4O/c1-18-14(15)11(8-17-18)13(19)10-6-9-4-2-3-5-12(9)16-7-10/h2-8H,15H2,1H3. The zero-order chi connectivity index (χ0) is 13.4. The van der Waals surface area contributed by atoms with Crippen LogP contribution in [-0.2, 0) is 7.05 Å². The molecule has 0 aliphatic carbocycles. The van der Waals surface area contributed by atoms with E-state index in [-0.39, 0.29) is 5.78 Å². The summed E-state index contributed by atoms with van der Waals surface area (Å²) < 4.78 is 1.47. The first-order valence-corrected chi connectivity index (χ1v) is 5.84. The zero-order valence-electron chi connectivity index (χ0n) is 10.4. The van der Waals surface area contributed by atoms with Crippen LogP contribution in [0.15, 0.2) is 42.7 Å². The van der Waals surface area contributed by atoms with Gasteiger partial charge in [0.2, 0.25) is 0 Å². The Bertz CT molecular complexity index is 776. The van der Waals surface area contributed by atoms with Crippen molar-refractivity contribution < 1.29 is 4.79 Å². The van der Waals surface area contributed by atoms with E-state index in [1.807, 2.05) is 30.3 Å². The van der Waals surface area contributed by atoms with Crippen molar-refractivity contribution in [3.63, 3.8) is 0 Å². The lowest BCUT2D eigenvalue weighted by Crippen LogP contribution is -2.06. The van der Waals surface area contributed by atoms with Crippen molar-refractivity contribution in [3.8, 4) is 0 Å². The number of carbonyl (C=O) groups excluding carboxylic acids is 1. The molecule has 2 aromatic heterocycles. The first-order chi connectivity index (χ1) is 9.16. The van der Waals surface area contributed by atoms with Gasteiger partial charge in [-0.15, -0.1) is 0 Å². The number of nitrogen functional groups attached to an aromatic ring is 1. The van der Waals surface area contributed by atoms with E-state index in [9.17, 15) is 4.79 Å². The lowest BCUT2D eigenvalue weighted by atomic mass is 10.1. The number of rotatable bonds is 2. The second-order valence-electron chi connectivity index (χ2n) is 4.31. The highest BCUT2D eigenvalue weighted by atomic mass is 16.1. The van der Waals surface area contributed by atoms with Gasteiger partial charge in [0, 0.05) is 24.2 Å². The molecule has 2 heterocycles. The lowest BCUT2D eigenvalue weighted by Gasteiger charge is -2.02. The molecule has 5 heteroatoms. The van der Waals surface area contributed by atoms with E-state index in [2.05, 4.69) is 10.1 Å². The number of pyridine rings is 1. The third kappa shape index (κ3) is 1.85. The molecule has 3 aromatic rings. The third-order valence-corrected chi connectivity index (χ3v) is 3.08. The molecule has 94 valence electrons. The maximum atomic E-state index is 12.4. The minimum Gasteiger partial charge on any atom is -0.383 e. The van der Waals surface area contributed by atoms with Gasteiger partial charge in [0.05, 0.1) is 17.3 Å². The summed E-state index contributed by atoms with van der Waals surface area (Å²) in [4.78, 5) is 16.6. The normalized spacial score (nSPS) is 10.8. The number of nitrogens with zero attached hydrogens (tertiary/aromatic N) is 3. The Morgan fingerprint density at radius 3 is 2.79 bits per heavy atom. The summed E-state index contributed by atoms with van der Waals surface area (Å²) in [5.41, 5.74) is 7.59. The molecule has 3 rings (SSSR count). The summed E-state index contributed by atoms with van der Waals surface area (Å²) in [7, 11) is 1.70. The number of para-hydroxylation sites is 1. The second kappa shape index (κ2) is 4.20. The van der Waals surface area contributed by atoms with E-state index in [1.54, 1.807) is 13.2 Å². The highest BCUT2D eigenvalue weighted by Crippen LogP contribution is 2.18. The Labute approximate surface area is 109 Å². The summed E-state index contributed by atoms with van der Waals surface area (Å²) in [6, 6.07) is 9.47. The summed E-state index contributed by atoms with van der Waals surface area (Å²) in [5.74, 6) is 0.196. The second-order valence-corrected chi connectivity index (χ2v) is 4.31. The largest absolute Gasteiger partial charge is 0.383 e.